The van der Waals surface area contributed by atoms with Crippen molar-refractivity contribution in [3.8, 4) is 0 Å². The highest BCUT2D eigenvalue weighted by atomic mass is 16.1. The molecule has 0 bridgehead atoms. The highest BCUT2D eigenvalue weighted by molar-refractivity contribution is 5.77. The Kier molecular flexibility index (Phi) is 2.63. The van der Waals surface area contributed by atoms with Crippen molar-refractivity contribution in [2.45, 2.75) is 12.8 Å². The Morgan fingerprint density at radius 2 is 1.92 bits per heavy atom. The summed E-state index contributed by atoms with van der Waals surface area (Å²) in [5, 5.41) is 0. The summed E-state index contributed by atoms with van der Waals surface area (Å²) in [7, 11) is 0. The molecule has 0 saturated carbocycles. The summed E-state index contributed by atoms with van der Waals surface area (Å²) in [6.07, 6.45) is 1.59. The number of hydrogen-bond acceptors (Lipinski definition) is 3. The maximum atomic E-state index is 10.5. The molecule has 0 atom stereocenters. The average molecular weight is 182 g/mol. The molecule has 1 heterocycles. The molecule has 0 saturated heterocycles. The van der Waals surface area contributed by atoms with E-state index in [0.29, 0.717) is 11.5 Å². The van der Waals surface area contributed by atoms with Crippen molar-refractivity contribution in [3.63, 3.8) is 0 Å². The number of carbonyl (C=O) groups excluding carboxylic acids is 2. The van der Waals surface area contributed by atoms with E-state index < -0.39 is 11.8 Å². The fraction of sp³-hybridized carbons (Fsp3) is 0.286. The summed E-state index contributed by atoms with van der Waals surface area (Å²) in [5.41, 5.74) is 10.5. The van der Waals surface area contributed by atoms with E-state index in [1.807, 2.05) is 0 Å². The van der Waals surface area contributed by atoms with Crippen LogP contribution in [0.5, 0.6) is 0 Å². The molecule has 6 nitrogen and oxygen atoms in total. The van der Waals surface area contributed by atoms with Gasteiger partial charge in [-0.25, -0.2) is 4.98 Å². The molecule has 5 N–H and O–H groups in total. The number of rotatable bonds is 4. The number of hydrogen-bond donors (Lipinski definition) is 3. The molecule has 2 amide bonds. The summed E-state index contributed by atoms with van der Waals surface area (Å²) in [6, 6.07) is 0. The fourth-order valence-electron chi connectivity index (χ4n) is 0.938. The van der Waals surface area contributed by atoms with Gasteiger partial charge in [-0.15, -0.1) is 0 Å². The van der Waals surface area contributed by atoms with Gasteiger partial charge in [0, 0.05) is 11.9 Å². The maximum absolute atomic E-state index is 10.5. The minimum absolute atomic E-state index is 0.0404. The lowest BCUT2D eigenvalue weighted by atomic mass is 10.3. The Bertz CT molecular complexity index is 300. The molecular formula is C7H10N4O2. The topological polar surface area (TPSA) is 115 Å². The van der Waals surface area contributed by atoms with Crippen molar-refractivity contribution in [2.24, 2.45) is 11.5 Å². The van der Waals surface area contributed by atoms with Gasteiger partial charge >= 0.3 is 0 Å². The van der Waals surface area contributed by atoms with Gasteiger partial charge in [-0.3, -0.25) is 9.59 Å². The van der Waals surface area contributed by atoms with Crippen molar-refractivity contribution < 1.29 is 9.59 Å². The lowest BCUT2D eigenvalue weighted by molar-refractivity contribution is -0.118. The second kappa shape index (κ2) is 3.70. The zero-order valence-electron chi connectivity index (χ0n) is 6.91. The third-order valence-electron chi connectivity index (χ3n) is 1.39. The van der Waals surface area contributed by atoms with E-state index in [9.17, 15) is 9.59 Å². The van der Waals surface area contributed by atoms with Crippen molar-refractivity contribution in [3.05, 3.63) is 17.7 Å². The van der Waals surface area contributed by atoms with Crippen LogP contribution in [0.4, 0.5) is 0 Å². The maximum Gasteiger partial charge on any atom is 0.225 e. The van der Waals surface area contributed by atoms with Gasteiger partial charge in [0.25, 0.3) is 0 Å². The average Bonchev–Trinajstić information content (AvgIpc) is 2.33. The molecule has 0 aliphatic heterocycles. The highest BCUT2D eigenvalue weighted by Crippen LogP contribution is 1.98. The monoisotopic (exact) mass is 182 g/mol. The van der Waals surface area contributed by atoms with E-state index in [0.717, 1.165) is 0 Å². The smallest absolute Gasteiger partial charge is 0.225 e. The molecule has 0 spiro atoms. The predicted octanol–water partition coefficient (Wildman–Crippen LogP) is -1.53. The molecule has 1 aromatic heterocycles. The lowest BCUT2D eigenvalue weighted by Gasteiger charge is -1.91. The zero-order valence-corrected chi connectivity index (χ0v) is 6.91. The van der Waals surface area contributed by atoms with Crippen molar-refractivity contribution in [1.29, 1.82) is 0 Å². The Morgan fingerprint density at radius 1 is 1.31 bits per heavy atom. The Labute approximate surface area is 74.3 Å². The Balaban J connectivity index is 2.63. The van der Waals surface area contributed by atoms with Gasteiger partial charge in [0.15, 0.2) is 0 Å². The third kappa shape index (κ3) is 2.94. The van der Waals surface area contributed by atoms with Crippen LogP contribution in [0.2, 0.25) is 0 Å². The van der Waals surface area contributed by atoms with E-state index in [-0.39, 0.29) is 12.8 Å². The van der Waals surface area contributed by atoms with Gasteiger partial charge in [-0.05, 0) is 0 Å². The van der Waals surface area contributed by atoms with Crippen molar-refractivity contribution in [1.82, 2.24) is 9.97 Å². The van der Waals surface area contributed by atoms with E-state index in [2.05, 4.69) is 9.97 Å². The molecule has 0 aromatic carbocycles. The van der Waals surface area contributed by atoms with Gasteiger partial charge in [-0.2, -0.15) is 0 Å². The second-order valence-electron chi connectivity index (χ2n) is 2.64. The molecule has 0 unspecified atom stereocenters. The van der Waals surface area contributed by atoms with Crippen LogP contribution < -0.4 is 11.5 Å². The number of nitrogens with one attached hydrogen (secondary N) is 1. The van der Waals surface area contributed by atoms with Gasteiger partial charge in [0.2, 0.25) is 11.8 Å². The number of amides is 2. The standard InChI is InChI=1S/C7H10N4O2/c8-5(12)1-4-3-10-7(11-4)2-6(9)13/h3H,1-2H2,(H2,8,12)(H2,9,13)(H,10,11). The van der Waals surface area contributed by atoms with Gasteiger partial charge < -0.3 is 16.5 Å². The molecule has 0 radical (unpaired) electrons. The van der Waals surface area contributed by atoms with Crippen LogP contribution in [-0.4, -0.2) is 21.8 Å². The quantitative estimate of drug-likeness (QED) is 0.524. The number of imidazole rings is 1. The summed E-state index contributed by atoms with van der Waals surface area (Å²) in [5.74, 6) is -0.474. The number of primary amides is 2. The van der Waals surface area contributed by atoms with E-state index in [1.165, 1.54) is 6.20 Å². The molecular weight excluding hydrogens is 172 g/mol. The number of nitrogens with two attached hydrogens (primary N) is 2. The third-order valence-corrected chi connectivity index (χ3v) is 1.39. The minimum Gasteiger partial charge on any atom is -0.369 e. The van der Waals surface area contributed by atoms with Crippen LogP contribution in [-0.2, 0) is 22.4 Å². The minimum atomic E-state index is -0.472. The van der Waals surface area contributed by atoms with Crippen LogP contribution in [0.1, 0.15) is 11.5 Å². The Morgan fingerprint density at radius 3 is 2.46 bits per heavy atom. The molecule has 1 rings (SSSR count). The first-order valence-electron chi connectivity index (χ1n) is 3.67. The zero-order chi connectivity index (χ0) is 9.84. The van der Waals surface area contributed by atoms with E-state index >= 15 is 0 Å². The van der Waals surface area contributed by atoms with Crippen LogP contribution in [0.3, 0.4) is 0 Å². The van der Waals surface area contributed by atoms with Gasteiger partial charge in [-0.1, -0.05) is 0 Å². The Hall–Kier alpha value is -1.85. The molecule has 6 heteroatoms. The first kappa shape index (κ1) is 9.24. The molecule has 13 heavy (non-hydrogen) atoms. The molecule has 0 aliphatic rings. The number of carbonyl (C=O) groups is 2. The van der Waals surface area contributed by atoms with Crippen LogP contribution in [0.15, 0.2) is 6.20 Å². The lowest BCUT2D eigenvalue weighted by Crippen LogP contribution is -2.15. The second-order valence-corrected chi connectivity index (χ2v) is 2.64. The largest absolute Gasteiger partial charge is 0.369 e. The van der Waals surface area contributed by atoms with Crippen LogP contribution >= 0.6 is 0 Å². The molecule has 1 aromatic rings. The van der Waals surface area contributed by atoms with Crippen LogP contribution in [0, 0.1) is 0 Å². The van der Waals surface area contributed by atoms with E-state index in [1.54, 1.807) is 0 Å². The van der Waals surface area contributed by atoms with Crippen molar-refractivity contribution in [2.75, 3.05) is 0 Å². The SMILES string of the molecule is NC(=O)Cc1cnc(CC(N)=O)[nH]1. The number of H-pyrrole nitrogens is 1. The van der Waals surface area contributed by atoms with E-state index in [4.69, 9.17) is 11.5 Å². The van der Waals surface area contributed by atoms with Crippen LogP contribution in [0.25, 0.3) is 0 Å². The molecule has 70 valence electrons. The summed E-state index contributed by atoms with van der Waals surface area (Å²) >= 11 is 0. The fourth-order valence-corrected chi connectivity index (χ4v) is 0.938. The van der Waals surface area contributed by atoms with Gasteiger partial charge in [0.05, 0.1) is 12.8 Å². The van der Waals surface area contributed by atoms with Crippen molar-refractivity contribution >= 4 is 11.8 Å². The number of aromatic amines is 1. The molecule has 0 aliphatic carbocycles. The highest BCUT2D eigenvalue weighted by Gasteiger charge is 2.05. The first-order valence-corrected chi connectivity index (χ1v) is 3.67. The van der Waals surface area contributed by atoms with Gasteiger partial charge in [0.1, 0.15) is 5.82 Å². The predicted molar refractivity (Wildman–Crippen MR) is 44.4 cm³/mol. The summed E-state index contributed by atoms with van der Waals surface area (Å²) < 4.78 is 0. The summed E-state index contributed by atoms with van der Waals surface area (Å²) in [6.45, 7) is 0. The number of aromatic nitrogens is 2. The first-order chi connectivity index (χ1) is 6.08. The summed E-state index contributed by atoms with van der Waals surface area (Å²) in [4.78, 5) is 27.6. The number of nitrogens with zero attached hydrogens (tertiary/aromatic N) is 1. The normalized spacial score (nSPS) is 9.85. The molecule has 0 fully saturated rings.